The van der Waals surface area contributed by atoms with Gasteiger partial charge < -0.3 is 9.67 Å². The van der Waals surface area contributed by atoms with Gasteiger partial charge in [-0.15, -0.1) is 0 Å². The average molecular weight is 229 g/mol. The van der Waals surface area contributed by atoms with E-state index >= 15 is 0 Å². The molecule has 1 heterocycles. The Labute approximate surface area is 100.0 Å². The predicted molar refractivity (Wildman–Crippen MR) is 67.3 cm³/mol. The van der Waals surface area contributed by atoms with Crippen molar-refractivity contribution < 1.29 is 5.11 Å². The zero-order valence-electron chi connectivity index (χ0n) is 9.76. The van der Waals surface area contributed by atoms with Gasteiger partial charge in [-0.05, 0) is 18.1 Å². The Balaban J connectivity index is 2.35. The molecule has 2 rings (SSSR count). The Morgan fingerprint density at radius 3 is 2.53 bits per heavy atom. The number of pyridine rings is 1. The van der Waals surface area contributed by atoms with Crippen LogP contribution in [0.25, 0.3) is 0 Å². The molecular weight excluding hydrogens is 214 g/mol. The molecule has 0 aliphatic heterocycles. The molecule has 0 radical (unpaired) electrons. The number of aromatic nitrogens is 1. The summed E-state index contributed by atoms with van der Waals surface area (Å²) in [6.45, 7) is 2.40. The predicted octanol–water partition coefficient (Wildman–Crippen LogP) is 2.16. The van der Waals surface area contributed by atoms with E-state index in [0.717, 1.165) is 5.56 Å². The smallest absolute Gasteiger partial charge is 0.293 e. The van der Waals surface area contributed by atoms with Gasteiger partial charge in [0, 0.05) is 11.8 Å². The van der Waals surface area contributed by atoms with Crippen molar-refractivity contribution in [2.24, 2.45) is 0 Å². The third kappa shape index (κ3) is 2.38. The molecule has 1 aromatic heterocycles. The number of nitrogens with zero attached hydrogens (tertiary/aromatic N) is 1. The van der Waals surface area contributed by atoms with Crippen molar-refractivity contribution in [1.82, 2.24) is 4.57 Å². The molecule has 0 atom stereocenters. The second-order valence-electron chi connectivity index (χ2n) is 3.96. The van der Waals surface area contributed by atoms with Crippen molar-refractivity contribution in [3.8, 4) is 5.75 Å². The molecule has 0 saturated heterocycles. The molecule has 2 aromatic rings. The SMILES string of the molecule is CCc1ccn(Cc2ccccc2)c(=O)c1O. The first-order valence-corrected chi connectivity index (χ1v) is 5.67. The molecule has 17 heavy (non-hydrogen) atoms. The second kappa shape index (κ2) is 4.87. The van der Waals surface area contributed by atoms with E-state index in [1.54, 1.807) is 12.3 Å². The van der Waals surface area contributed by atoms with E-state index in [9.17, 15) is 9.90 Å². The van der Waals surface area contributed by atoms with E-state index < -0.39 is 0 Å². The lowest BCUT2D eigenvalue weighted by molar-refractivity contribution is 0.452. The maximum atomic E-state index is 11.9. The van der Waals surface area contributed by atoms with Gasteiger partial charge in [-0.25, -0.2) is 0 Å². The lowest BCUT2D eigenvalue weighted by Crippen LogP contribution is -2.20. The molecule has 3 nitrogen and oxygen atoms in total. The number of hydrogen-bond donors (Lipinski definition) is 1. The summed E-state index contributed by atoms with van der Waals surface area (Å²) >= 11 is 0. The molecule has 3 heteroatoms. The Kier molecular flexibility index (Phi) is 3.28. The van der Waals surface area contributed by atoms with Gasteiger partial charge in [0.2, 0.25) is 0 Å². The van der Waals surface area contributed by atoms with Crippen LogP contribution in [0.3, 0.4) is 0 Å². The van der Waals surface area contributed by atoms with Gasteiger partial charge >= 0.3 is 0 Å². The molecule has 0 aliphatic rings. The van der Waals surface area contributed by atoms with Gasteiger partial charge in [0.1, 0.15) is 0 Å². The third-order valence-corrected chi connectivity index (χ3v) is 2.80. The van der Waals surface area contributed by atoms with Crippen molar-refractivity contribution in [3.63, 3.8) is 0 Å². The summed E-state index contributed by atoms with van der Waals surface area (Å²) in [5.41, 5.74) is 1.41. The maximum Gasteiger partial charge on any atom is 0.293 e. The summed E-state index contributed by atoms with van der Waals surface area (Å²) in [5, 5.41) is 9.72. The van der Waals surface area contributed by atoms with Crippen LogP contribution in [0.15, 0.2) is 47.4 Å². The fourth-order valence-corrected chi connectivity index (χ4v) is 1.79. The van der Waals surface area contributed by atoms with Gasteiger partial charge in [0.05, 0.1) is 6.54 Å². The van der Waals surface area contributed by atoms with Crippen molar-refractivity contribution in [1.29, 1.82) is 0 Å². The average Bonchev–Trinajstić information content (AvgIpc) is 2.37. The molecule has 88 valence electrons. The zero-order chi connectivity index (χ0) is 12.3. The minimum Gasteiger partial charge on any atom is -0.503 e. The van der Waals surface area contributed by atoms with Gasteiger partial charge in [-0.2, -0.15) is 0 Å². The van der Waals surface area contributed by atoms with Crippen LogP contribution in [-0.4, -0.2) is 9.67 Å². The van der Waals surface area contributed by atoms with Crippen LogP contribution in [0, 0.1) is 0 Å². The quantitative estimate of drug-likeness (QED) is 0.876. The van der Waals surface area contributed by atoms with Crippen LogP contribution in [0.2, 0.25) is 0 Å². The van der Waals surface area contributed by atoms with Crippen molar-refractivity contribution in [3.05, 3.63) is 64.1 Å². The summed E-state index contributed by atoms with van der Waals surface area (Å²) in [7, 11) is 0. The first-order chi connectivity index (χ1) is 8.22. The number of hydrogen-bond acceptors (Lipinski definition) is 2. The highest BCUT2D eigenvalue weighted by Crippen LogP contribution is 2.11. The molecule has 1 aromatic carbocycles. The standard InChI is InChI=1S/C14H15NO2/c1-2-12-8-9-15(14(17)13(12)16)10-11-6-4-3-5-7-11/h3-9,16H,2,10H2,1H3. The summed E-state index contributed by atoms with van der Waals surface area (Å²) in [6, 6.07) is 11.5. The first-order valence-electron chi connectivity index (χ1n) is 5.67. The van der Waals surface area contributed by atoms with Gasteiger partial charge in [0.15, 0.2) is 5.75 Å². The lowest BCUT2D eigenvalue weighted by atomic mass is 10.2. The summed E-state index contributed by atoms with van der Waals surface area (Å²) in [4.78, 5) is 11.9. The van der Waals surface area contributed by atoms with E-state index in [1.807, 2.05) is 37.3 Å². The lowest BCUT2D eigenvalue weighted by Gasteiger charge is -2.08. The van der Waals surface area contributed by atoms with Crippen LogP contribution in [-0.2, 0) is 13.0 Å². The highest BCUT2D eigenvalue weighted by Gasteiger charge is 2.07. The molecule has 0 amide bonds. The van der Waals surface area contributed by atoms with Crippen LogP contribution in [0.5, 0.6) is 5.75 Å². The van der Waals surface area contributed by atoms with Crippen LogP contribution >= 0.6 is 0 Å². The number of benzene rings is 1. The fourth-order valence-electron chi connectivity index (χ4n) is 1.79. The fraction of sp³-hybridized carbons (Fsp3) is 0.214. The van der Waals surface area contributed by atoms with E-state index in [0.29, 0.717) is 18.5 Å². The topological polar surface area (TPSA) is 42.2 Å². The van der Waals surface area contributed by atoms with Crippen LogP contribution in [0.4, 0.5) is 0 Å². The second-order valence-corrected chi connectivity index (χ2v) is 3.96. The molecule has 0 fully saturated rings. The minimum absolute atomic E-state index is 0.133. The van der Waals surface area contributed by atoms with Gasteiger partial charge in [0.25, 0.3) is 5.56 Å². The zero-order valence-corrected chi connectivity index (χ0v) is 9.76. The Hall–Kier alpha value is -2.03. The van der Waals surface area contributed by atoms with Crippen molar-refractivity contribution in [2.45, 2.75) is 19.9 Å². The van der Waals surface area contributed by atoms with E-state index in [2.05, 4.69) is 0 Å². The van der Waals surface area contributed by atoms with Crippen LogP contribution in [0.1, 0.15) is 18.1 Å². The number of rotatable bonds is 3. The summed E-state index contributed by atoms with van der Waals surface area (Å²) in [5.74, 6) is -0.133. The summed E-state index contributed by atoms with van der Waals surface area (Å²) < 4.78 is 1.52. The van der Waals surface area contributed by atoms with Gasteiger partial charge in [-0.1, -0.05) is 37.3 Å². The van der Waals surface area contributed by atoms with Crippen molar-refractivity contribution >= 4 is 0 Å². The van der Waals surface area contributed by atoms with E-state index in [-0.39, 0.29) is 11.3 Å². The van der Waals surface area contributed by atoms with E-state index in [1.165, 1.54) is 4.57 Å². The highest BCUT2D eigenvalue weighted by atomic mass is 16.3. The Morgan fingerprint density at radius 2 is 1.88 bits per heavy atom. The minimum atomic E-state index is -0.326. The molecule has 0 spiro atoms. The normalized spacial score (nSPS) is 10.4. The highest BCUT2D eigenvalue weighted by molar-refractivity contribution is 5.29. The molecular formula is C14H15NO2. The first kappa shape index (κ1) is 11.5. The monoisotopic (exact) mass is 229 g/mol. The molecule has 1 N–H and O–H groups in total. The van der Waals surface area contributed by atoms with Gasteiger partial charge in [-0.3, -0.25) is 4.79 Å². The summed E-state index contributed by atoms with van der Waals surface area (Å²) in [6.07, 6.45) is 2.39. The molecule has 0 aliphatic carbocycles. The van der Waals surface area contributed by atoms with E-state index in [4.69, 9.17) is 0 Å². The Morgan fingerprint density at radius 1 is 1.18 bits per heavy atom. The maximum absolute atomic E-state index is 11.9. The largest absolute Gasteiger partial charge is 0.503 e. The molecule has 0 saturated carbocycles. The Bertz CT molecular complexity index is 558. The molecule has 0 unspecified atom stereocenters. The third-order valence-electron chi connectivity index (χ3n) is 2.80. The number of aromatic hydroxyl groups is 1. The van der Waals surface area contributed by atoms with Crippen LogP contribution < -0.4 is 5.56 Å². The van der Waals surface area contributed by atoms with Crippen molar-refractivity contribution in [2.75, 3.05) is 0 Å². The number of aryl methyl sites for hydroxylation is 1. The molecule has 0 bridgehead atoms.